The Morgan fingerprint density at radius 1 is 1.44 bits per heavy atom. The number of amides is 1. The Balaban J connectivity index is 2.08. The topological polar surface area (TPSA) is 73.1 Å². The van der Waals surface area contributed by atoms with Gasteiger partial charge in [-0.25, -0.2) is 0 Å². The monoisotopic (exact) mass is 244 g/mol. The Kier molecular flexibility index (Phi) is 3.63. The second kappa shape index (κ2) is 5.19. The van der Waals surface area contributed by atoms with Gasteiger partial charge in [-0.05, 0) is 24.8 Å². The van der Waals surface area contributed by atoms with Gasteiger partial charge >= 0.3 is 0 Å². The highest BCUT2D eigenvalue weighted by Gasteiger charge is 2.45. The molecule has 1 aromatic rings. The fraction of sp³-hybridized carbons (Fsp3) is 0.429. The third-order valence-electron chi connectivity index (χ3n) is 3.55. The van der Waals surface area contributed by atoms with Crippen LogP contribution in [0.25, 0.3) is 0 Å². The minimum atomic E-state index is -0.873. The minimum absolute atomic E-state index is 0.169. The molecule has 2 rings (SSSR count). The van der Waals surface area contributed by atoms with Crippen molar-refractivity contribution in [2.75, 3.05) is 6.61 Å². The van der Waals surface area contributed by atoms with Crippen LogP contribution in [0.4, 0.5) is 0 Å². The van der Waals surface area contributed by atoms with Crippen LogP contribution >= 0.6 is 0 Å². The molecule has 94 valence electrons. The number of hydrogen-bond acceptors (Lipinski definition) is 3. The molecule has 1 unspecified atom stereocenters. The summed E-state index contributed by atoms with van der Waals surface area (Å²) in [5, 5.41) is 21.2. The normalized spacial score (nSPS) is 18.2. The molecule has 0 saturated heterocycles. The van der Waals surface area contributed by atoms with Crippen LogP contribution in [0.3, 0.4) is 0 Å². The Morgan fingerprint density at radius 2 is 2.11 bits per heavy atom. The largest absolute Gasteiger partial charge is 0.394 e. The Labute approximate surface area is 106 Å². The van der Waals surface area contributed by atoms with E-state index in [0.29, 0.717) is 12.8 Å². The van der Waals surface area contributed by atoms with E-state index in [0.717, 1.165) is 12.0 Å². The Bertz CT molecular complexity index is 460. The zero-order chi connectivity index (χ0) is 13.0. The van der Waals surface area contributed by atoms with Gasteiger partial charge < -0.3 is 10.4 Å². The van der Waals surface area contributed by atoms with Gasteiger partial charge in [0.1, 0.15) is 5.41 Å². The summed E-state index contributed by atoms with van der Waals surface area (Å²) in [5.41, 5.74) is -0.0249. The molecule has 1 amide bonds. The molecular formula is C14H16N2O2. The summed E-state index contributed by atoms with van der Waals surface area (Å²) in [4.78, 5) is 12.1. The van der Waals surface area contributed by atoms with Crippen LogP contribution in [0.5, 0.6) is 0 Å². The number of carbonyl (C=O) groups is 1. The van der Waals surface area contributed by atoms with Gasteiger partial charge in [-0.15, -0.1) is 0 Å². The zero-order valence-electron chi connectivity index (χ0n) is 10.1. The van der Waals surface area contributed by atoms with Crippen molar-refractivity contribution in [2.24, 2.45) is 5.41 Å². The summed E-state index contributed by atoms with van der Waals surface area (Å²) in [5.74, 6) is -0.265. The number of aliphatic hydroxyl groups is 1. The van der Waals surface area contributed by atoms with Crippen LogP contribution in [-0.2, 0) is 4.79 Å². The summed E-state index contributed by atoms with van der Waals surface area (Å²) in [6.07, 6.45) is 2.14. The highest BCUT2D eigenvalue weighted by molar-refractivity contribution is 5.86. The molecule has 1 fully saturated rings. The standard InChI is InChI=1S/C14H16N2O2/c15-10-14(7-4-8-14)13(18)16-12(9-17)11-5-2-1-3-6-11/h1-3,5-6,12,17H,4,7-9H2,(H,16,18). The molecule has 0 aromatic heterocycles. The average molecular weight is 244 g/mol. The van der Waals surface area contributed by atoms with E-state index in [4.69, 9.17) is 5.26 Å². The molecule has 1 saturated carbocycles. The van der Waals surface area contributed by atoms with Crippen molar-refractivity contribution in [3.05, 3.63) is 35.9 Å². The summed E-state index contributed by atoms with van der Waals surface area (Å²) < 4.78 is 0. The minimum Gasteiger partial charge on any atom is -0.394 e. The number of benzene rings is 1. The highest BCUT2D eigenvalue weighted by Crippen LogP contribution is 2.40. The number of rotatable bonds is 4. The quantitative estimate of drug-likeness (QED) is 0.843. The van der Waals surface area contributed by atoms with Gasteiger partial charge in [-0.3, -0.25) is 4.79 Å². The lowest BCUT2D eigenvalue weighted by Gasteiger charge is -2.34. The molecule has 4 heteroatoms. The molecule has 0 aliphatic heterocycles. The second-order valence-electron chi connectivity index (χ2n) is 4.67. The smallest absolute Gasteiger partial charge is 0.241 e. The van der Waals surface area contributed by atoms with E-state index >= 15 is 0 Å². The van der Waals surface area contributed by atoms with Gasteiger partial charge in [-0.2, -0.15) is 5.26 Å². The molecule has 4 nitrogen and oxygen atoms in total. The maximum Gasteiger partial charge on any atom is 0.241 e. The lowest BCUT2D eigenvalue weighted by molar-refractivity contribution is -0.132. The fourth-order valence-electron chi connectivity index (χ4n) is 2.14. The molecule has 0 spiro atoms. The van der Waals surface area contributed by atoms with Crippen molar-refractivity contribution in [1.82, 2.24) is 5.32 Å². The van der Waals surface area contributed by atoms with Gasteiger partial charge in [-0.1, -0.05) is 30.3 Å². The molecule has 1 aliphatic carbocycles. The summed E-state index contributed by atoms with van der Waals surface area (Å²) >= 11 is 0. The number of carbonyl (C=O) groups excluding carboxylic acids is 1. The van der Waals surface area contributed by atoms with E-state index in [1.807, 2.05) is 30.3 Å². The molecule has 0 bridgehead atoms. The maximum absolute atomic E-state index is 12.1. The first-order valence-electron chi connectivity index (χ1n) is 6.10. The SMILES string of the molecule is N#CC1(C(=O)NC(CO)c2ccccc2)CCC1. The number of nitrogens with one attached hydrogen (secondary N) is 1. The Morgan fingerprint density at radius 3 is 2.56 bits per heavy atom. The molecule has 0 heterocycles. The summed E-state index contributed by atoms with van der Waals surface area (Å²) in [7, 11) is 0. The van der Waals surface area contributed by atoms with Crippen molar-refractivity contribution >= 4 is 5.91 Å². The molecule has 1 aliphatic rings. The molecule has 0 radical (unpaired) electrons. The average Bonchev–Trinajstić information content (AvgIpc) is 2.36. The third-order valence-corrected chi connectivity index (χ3v) is 3.55. The fourth-order valence-corrected chi connectivity index (χ4v) is 2.14. The summed E-state index contributed by atoms with van der Waals surface area (Å²) in [6, 6.07) is 10.9. The number of nitrogens with zero attached hydrogens (tertiary/aromatic N) is 1. The van der Waals surface area contributed by atoms with Crippen LogP contribution in [-0.4, -0.2) is 17.6 Å². The van der Waals surface area contributed by atoms with Crippen LogP contribution < -0.4 is 5.32 Å². The molecule has 1 atom stereocenters. The van der Waals surface area contributed by atoms with Crippen LogP contribution in [0.15, 0.2) is 30.3 Å². The predicted molar refractivity (Wildman–Crippen MR) is 66.3 cm³/mol. The van der Waals surface area contributed by atoms with Crippen molar-refractivity contribution in [3.63, 3.8) is 0 Å². The van der Waals surface area contributed by atoms with Gasteiger partial charge in [0.15, 0.2) is 0 Å². The van der Waals surface area contributed by atoms with Crippen molar-refractivity contribution in [1.29, 1.82) is 5.26 Å². The van der Waals surface area contributed by atoms with E-state index < -0.39 is 11.5 Å². The van der Waals surface area contributed by atoms with Crippen LogP contribution in [0.1, 0.15) is 30.9 Å². The van der Waals surface area contributed by atoms with Crippen molar-refractivity contribution < 1.29 is 9.90 Å². The van der Waals surface area contributed by atoms with Gasteiger partial charge in [0.25, 0.3) is 0 Å². The first kappa shape index (κ1) is 12.6. The van der Waals surface area contributed by atoms with Gasteiger partial charge in [0.05, 0.1) is 18.7 Å². The lowest BCUT2D eigenvalue weighted by Crippen LogP contribution is -2.46. The highest BCUT2D eigenvalue weighted by atomic mass is 16.3. The van der Waals surface area contributed by atoms with E-state index in [1.165, 1.54) is 0 Å². The lowest BCUT2D eigenvalue weighted by atomic mass is 9.69. The van der Waals surface area contributed by atoms with Crippen LogP contribution in [0, 0.1) is 16.7 Å². The second-order valence-corrected chi connectivity index (χ2v) is 4.67. The first-order valence-corrected chi connectivity index (χ1v) is 6.10. The predicted octanol–water partition coefficient (Wildman–Crippen LogP) is 1.53. The number of nitriles is 1. The third kappa shape index (κ3) is 2.22. The van der Waals surface area contributed by atoms with E-state index in [1.54, 1.807) is 0 Å². The Hall–Kier alpha value is -1.86. The molecule has 2 N–H and O–H groups in total. The van der Waals surface area contributed by atoms with Gasteiger partial charge in [0.2, 0.25) is 5.91 Å². The van der Waals surface area contributed by atoms with E-state index in [2.05, 4.69) is 11.4 Å². The molecule has 18 heavy (non-hydrogen) atoms. The van der Waals surface area contributed by atoms with Gasteiger partial charge in [0, 0.05) is 0 Å². The molecule has 1 aromatic carbocycles. The number of hydrogen-bond donors (Lipinski definition) is 2. The first-order chi connectivity index (χ1) is 8.72. The van der Waals surface area contributed by atoms with E-state index in [9.17, 15) is 9.90 Å². The zero-order valence-corrected chi connectivity index (χ0v) is 10.1. The summed E-state index contributed by atoms with van der Waals surface area (Å²) in [6.45, 7) is -0.169. The van der Waals surface area contributed by atoms with Crippen molar-refractivity contribution in [3.8, 4) is 6.07 Å². The van der Waals surface area contributed by atoms with Crippen LogP contribution in [0.2, 0.25) is 0 Å². The van der Waals surface area contributed by atoms with Crippen molar-refractivity contribution in [2.45, 2.75) is 25.3 Å². The molecular weight excluding hydrogens is 228 g/mol. The van der Waals surface area contributed by atoms with E-state index in [-0.39, 0.29) is 12.5 Å². The number of aliphatic hydroxyl groups excluding tert-OH is 1. The maximum atomic E-state index is 12.1.